The van der Waals surface area contributed by atoms with E-state index in [1.807, 2.05) is 18.2 Å². The van der Waals surface area contributed by atoms with E-state index < -0.39 is 0 Å². The number of rotatable bonds is 8. The number of nitrogens with one attached hydrogen (secondary N) is 2. The lowest BCUT2D eigenvalue weighted by Crippen LogP contribution is -2.31. The van der Waals surface area contributed by atoms with E-state index in [4.69, 9.17) is 5.11 Å². The Bertz CT molecular complexity index is 979. The summed E-state index contributed by atoms with van der Waals surface area (Å²) in [6, 6.07) is 10.4. The fourth-order valence-corrected chi connectivity index (χ4v) is 4.50. The molecule has 4 rings (SSSR count). The van der Waals surface area contributed by atoms with E-state index >= 15 is 0 Å². The molecule has 6 heteroatoms. The van der Waals surface area contributed by atoms with E-state index in [1.165, 1.54) is 43.2 Å². The Labute approximate surface area is 189 Å². The molecule has 1 aromatic carbocycles. The van der Waals surface area contributed by atoms with Crippen LogP contribution < -0.4 is 10.6 Å². The summed E-state index contributed by atoms with van der Waals surface area (Å²) in [4.78, 5) is 22.0. The Morgan fingerprint density at radius 1 is 1.03 bits per heavy atom. The first-order valence-electron chi connectivity index (χ1n) is 11.7. The van der Waals surface area contributed by atoms with Crippen LogP contribution in [0.3, 0.4) is 0 Å². The quantitative estimate of drug-likeness (QED) is 0.574. The highest BCUT2D eigenvalue weighted by molar-refractivity contribution is 5.98. The molecule has 32 heavy (non-hydrogen) atoms. The van der Waals surface area contributed by atoms with Gasteiger partial charge in [-0.3, -0.25) is 4.79 Å². The molecular formula is C26H32N4O2. The van der Waals surface area contributed by atoms with E-state index in [9.17, 15) is 4.79 Å². The van der Waals surface area contributed by atoms with Gasteiger partial charge >= 0.3 is 0 Å². The van der Waals surface area contributed by atoms with Crippen LogP contribution in [0, 0.1) is 5.92 Å². The van der Waals surface area contributed by atoms with Crippen molar-refractivity contribution < 1.29 is 9.90 Å². The van der Waals surface area contributed by atoms with Gasteiger partial charge in [0.25, 0.3) is 5.91 Å². The van der Waals surface area contributed by atoms with Crippen molar-refractivity contribution in [3.63, 3.8) is 0 Å². The van der Waals surface area contributed by atoms with Gasteiger partial charge in [0.05, 0.1) is 17.9 Å². The average molecular weight is 433 g/mol. The predicted molar refractivity (Wildman–Crippen MR) is 128 cm³/mol. The predicted octanol–water partition coefficient (Wildman–Crippen LogP) is 4.45. The standard InChI is InChI=1S/C26H32N4O2/c31-16-15-27-26-29-18-23(25(32)28-17-19-7-3-1-4-8-19)24(30-26)22-13-11-21(12-14-22)20-9-5-2-6-10-20/h2,5-6,9-11,13,18-19,31H,1,3-4,7-8,12,14-17H2,(H,28,32)(H,27,29,30). The van der Waals surface area contributed by atoms with Gasteiger partial charge in [-0.15, -0.1) is 0 Å². The number of aliphatic hydroxyl groups excluding tert-OH is 1. The third kappa shape index (κ3) is 5.62. The van der Waals surface area contributed by atoms with Crippen LogP contribution in [0.2, 0.25) is 0 Å². The highest BCUT2D eigenvalue weighted by atomic mass is 16.3. The van der Waals surface area contributed by atoms with Crippen molar-refractivity contribution >= 4 is 23.0 Å². The Morgan fingerprint density at radius 3 is 2.50 bits per heavy atom. The first kappa shape index (κ1) is 22.2. The van der Waals surface area contributed by atoms with Gasteiger partial charge in [-0.1, -0.05) is 61.7 Å². The number of anilines is 1. The Balaban J connectivity index is 1.56. The minimum absolute atomic E-state index is 0.00576. The monoisotopic (exact) mass is 432 g/mol. The lowest BCUT2D eigenvalue weighted by atomic mass is 9.89. The Hall–Kier alpha value is -2.99. The van der Waals surface area contributed by atoms with Crippen LogP contribution in [0.4, 0.5) is 5.95 Å². The number of aliphatic hydroxyl groups is 1. The molecule has 1 fully saturated rings. The summed E-state index contributed by atoms with van der Waals surface area (Å²) >= 11 is 0. The van der Waals surface area contributed by atoms with Crippen LogP contribution in [0.5, 0.6) is 0 Å². The van der Waals surface area contributed by atoms with Gasteiger partial charge in [0.1, 0.15) is 0 Å². The van der Waals surface area contributed by atoms with Gasteiger partial charge in [0.2, 0.25) is 5.95 Å². The topological polar surface area (TPSA) is 87.1 Å². The van der Waals surface area contributed by atoms with Crippen molar-refractivity contribution in [3.8, 4) is 0 Å². The summed E-state index contributed by atoms with van der Waals surface area (Å²) in [5, 5.41) is 15.3. The normalized spacial score (nSPS) is 16.8. The molecule has 1 aromatic heterocycles. The molecule has 0 bridgehead atoms. The second-order valence-electron chi connectivity index (χ2n) is 8.57. The van der Waals surface area contributed by atoms with Crippen molar-refractivity contribution in [3.05, 3.63) is 65.5 Å². The highest BCUT2D eigenvalue weighted by Gasteiger charge is 2.21. The van der Waals surface area contributed by atoms with E-state index in [2.05, 4.69) is 44.9 Å². The molecule has 1 heterocycles. The summed E-state index contributed by atoms with van der Waals surface area (Å²) in [7, 11) is 0. The van der Waals surface area contributed by atoms with Gasteiger partial charge in [0, 0.05) is 19.3 Å². The number of amides is 1. The summed E-state index contributed by atoms with van der Waals surface area (Å²) in [6.07, 6.45) is 13.7. The van der Waals surface area contributed by atoms with Crippen LogP contribution in [0.1, 0.15) is 66.6 Å². The molecule has 0 unspecified atom stereocenters. The second kappa shape index (κ2) is 11.0. The molecule has 2 aliphatic carbocycles. The number of aromatic nitrogens is 2. The fraction of sp³-hybridized carbons (Fsp3) is 0.423. The number of carbonyl (C=O) groups is 1. The largest absolute Gasteiger partial charge is 0.395 e. The molecule has 0 aliphatic heterocycles. The third-order valence-electron chi connectivity index (χ3n) is 6.30. The zero-order chi connectivity index (χ0) is 22.2. The van der Waals surface area contributed by atoms with Gasteiger partial charge in [-0.25, -0.2) is 9.97 Å². The van der Waals surface area contributed by atoms with Crippen molar-refractivity contribution in [2.45, 2.75) is 44.9 Å². The number of benzene rings is 1. The van der Waals surface area contributed by atoms with Crippen molar-refractivity contribution in [2.75, 3.05) is 25.0 Å². The number of hydrogen-bond acceptors (Lipinski definition) is 5. The SMILES string of the molecule is O=C(NCC1CCCCC1)c1cnc(NCCO)nc1C1=CC=C(c2ccccc2)CC1. The number of nitrogens with zero attached hydrogens (tertiary/aromatic N) is 2. The van der Waals surface area contributed by atoms with Crippen LogP contribution in [-0.2, 0) is 0 Å². The molecule has 0 atom stereocenters. The van der Waals surface area contributed by atoms with Crippen LogP contribution in [-0.4, -0.2) is 40.7 Å². The number of allylic oxidation sites excluding steroid dienone is 4. The number of carbonyl (C=O) groups excluding carboxylic acids is 1. The highest BCUT2D eigenvalue weighted by Crippen LogP contribution is 2.32. The maximum atomic E-state index is 13.1. The Kier molecular flexibility index (Phi) is 7.67. The molecule has 1 saturated carbocycles. The smallest absolute Gasteiger partial charge is 0.255 e. The Morgan fingerprint density at radius 2 is 1.78 bits per heavy atom. The first-order valence-corrected chi connectivity index (χ1v) is 11.7. The molecule has 0 saturated heterocycles. The van der Waals surface area contributed by atoms with E-state index in [-0.39, 0.29) is 12.5 Å². The van der Waals surface area contributed by atoms with Gasteiger partial charge in [-0.05, 0) is 48.3 Å². The van der Waals surface area contributed by atoms with Crippen LogP contribution in [0.15, 0.2) is 48.7 Å². The van der Waals surface area contributed by atoms with Crippen LogP contribution in [0.25, 0.3) is 11.1 Å². The maximum absolute atomic E-state index is 13.1. The molecule has 3 N–H and O–H groups in total. The van der Waals surface area contributed by atoms with Crippen molar-refractivity contribution in [2.24, 2.45) is 5.92 Å². The summed E-state index contributed by atoms with van der Waals surface area (Å²) < 4.78 is 0. The van der Waals surface area contributed by atoms with Crippen molar-refractivity contribution in [1.82, 2.24) is 15.3 Å². The van der Waals surface area contributed by atoms with Crippen LogP contribution >= 0.6 is 0 Å². The van der Waals surface area contributed by atoms with Gasteiger partial charge in [0.15, 0.2) is 0 Å². The first-order chi connectivity index (χ1) is 15.7. The third-order valence-corrected chi connectivity index (χ3v) is 6.30. The minimum atomic E-state index is -0.113. The molecule has 6 nitrogen and oxygen atoms in total. The van der Waals surface area contributed by atoms with E-state index in [0.717, 1.165) is 18.4 Å². The molecule has 0 spiro atoms. The fourth-order valence-electron chi connectivity index (χ4n) is 4.50. The minimum Gasteiger partial charge on any atom is -0.395 e. The van der Waals surface area contributed by atoms with E-state index in [1.54, 1.807) is 6.20 Å². The summed E-state index contributed by atoms with van der Waals surface area (Å²) in [5.41, 5.74) is 4.72. The van der Waals surface area contributed by atoms with E-state index in [0.29, 0.717) is 36.2 Å². The molecule has 1 amide bonds. The number of hydrogen-bond donors (Lipinski definition) is 3. The molecule has 168 valence electrons. The maximum Gasteiger partial charge on any atom is 0.255 e. The zero-order valence-electron chi connectivity index (χ0n) is 18.5. The molecular weight excluding hydrogens is 400 g/mol. The molecule has 0 radical (unpaired) electrons. The van der Waals surface area contributed by atoms with Gasteiger partial charge in [-0.2, -0.15) is 0 Å². The second-order valence-corrected chi connectivity index (χ2v) is 8.57. The molecule has 2 aromatic rings. The summed E-state index contributed by atoms with van der Waals surface area (Å²) in [5.74, 6) is 0.877. The summed E-state index contributed by atoms with van der Waals surface area (Å²) in [6.45, 7) is 1.07. The average Bonchev–Trinajstić information content (AvgIpc) is 2.87. The lowest BCUT2D eigenvalue weighted by molar-refractivity contribution is 0.0942. The molecule has 2 aliphatic rings. The van der Waals surface area contributed by atoms with Crippen molar-refractivity contribution in [1.29, 1.82) is 0 Å². The lowest BCUT2D eigenvalue weighted by Gasteiger charge is -2.22. The van der Waals surface area contributed by atoms with Gasteiger partial charge < -0.3 is 15.7 Å². The zero-order valence-corrected chi connectivity index (χ0v) is 18.5.